The van der Waals surface area contributed by atoms with Crippen LogP contribution in [0, 0.1) is 4.18 Å². The standard InChI is InChI=1S/C10H20O2.In.2H/c1-5-7-9(11-3)10(12-4)8-6-2;;;/h1,9-10H,5-8H2,2-4H3;;;. The van der Waals surface area contributed by atoms with E-state index in [0.717, 1.165) is 19.3 Å². The van der Waals surface area contributed by atoms with Gasteiger partial charge in [0.25, 0.3) is 0 Å². The Hall–Kier alpha value is 0.790. The number of hydrogen-bond acceptors (Lipinski definition) is 2. The predicted octanol–water partition coefficient (Wildman–Crippen LogP) is 1.39. The van der Waals surface area contributed by atoms with Gasteiger partial charge in [-0.1, -0.05) is 0 Å². The molecule has 0 heterocycles. The summed E-state index contributed by atoms with van der Waals surface area (Å²) in [5, 5.41) is 0. The molecular formula is C10H22InO2. The monoisotopic (exact) mass is 289 g/mol. The van der Waals surface area contributed by atoms with Crippen LogP contribution in [0.4, 0.5) is 0 Å². The van der Waals surface area contributed by atoms with Gasteiger partial charge in [-0.25, -0.2) is 0 Å². The molecule has 0 aromatic heterocycles. The van der Waals surface area contributed by atoms with E-state index in [1.807, 2.05) is 0 Å². The molecule has 2 nitrogen and oxygen atoms in total. The first-order valence-electron chi connectivity index (χ1n) is 5.13. The Bertz CT molecular complexity index is 109. The zero-order chi connectivity index (χ0) is 10.1. The van der Waals surface area contributed by atoms with E-state index < -0.39 is 0 Å². The average Bonchev–Trinajstić information content (AvgIpc) is 2.17. The number of rotatable bonds is 8. The van der Waals surface area contributed by atoms with Gasteiger partial charge in [0.1, 0.15) is 0 Å². The van der Waals surface area contributed by atoms with Crippen molar-refractivity contribution in [3.05, 3.63) is 4.18 Å². The summed E-state index contributed by atoms with van der Waals surface area (Å²) in [6.07, 6.45) is 5.13. The molecule has 0 aliphatic heterocycles. The van der Waals surface area contributed by atoms with E-state index in [-0.39, 0.29) is 12.2 Å². The maximum atomic E-state index is 5.44. The van der Waals surface area contributed by atoms with Gasteiger partial charge < -0.3 is 0 Å². The topological polar surface area (TPSA) is 18.5 Å². The van der Waals surface area contributed by atoms with Gasteiger partial charge in [0, 0.05) is 0 Å². The van der Waals surface area contributed by atoms with Crippen LogP contribution in [0.25, 0.3) is 0 Å². The number of ether oxygens (including phenoxy) is 2. The van der Waals surface area contributed by atoms with Crippen molar-refractivity contribution >= 4 is 24.4 Å². The minimum absolute atomic E-state index is 0.283. The second-order valence-electron chi connectivity index (χ2n) is 3.32. The van der Waals surface area contributed by atoms with Crippen LogP contribution in [0.15, 0.2) is 0 Å². The summed E-state index contributed by atoms with van der Waals surface area (Å²) in [5.41, 5.74) is 0. The molecule has 3 heteroatoms. The van der Waals surface area contributed by atoms with Crippen LogP contribution in [-0.4, -0.2) is 50.8 Å². The third kappa shape index (κ3) is 5.97. The molecule has 2 unspecified atom stereocenters. The van der Waals surface area contributed by atoms with Gasteiger partial charge >= 0.3 is 97.1 Å². The van der Waals surface area contributed by atoms with E-state index in [0.29, 0.717) is 24.4 Å². The van der Waals surface area contributed by atoms with Gasteiger partial charge in [0.05, 0.1) is 0 Å². The molecule has 1 radical (unpaired) electrons. The SMILES string of the molecule is CCCC(OC)C(CC[CH][InH2])OC. The molecule has 0 fully saturated rings. The van der Waals surface area contributed by atoms with Gasteiger partial charge in [0.2, 0.25) is 0 Å². The molecule has 0 N–H and O–H groups in total. The van der Waals surface area contributed by atoms with Crippen LogP contribution in [0.3, 0.4) is 0 Å². The molecule has 0 saturated carbocycles. The zero-order valence-corrected chi connectivity index (χ0v) is 15.1. The summed E-state index contributed by atoms with van der Waals surface area (Å²) in [4.78, 5) is 0. The normalized spacial score (nSPS) is 15.6. The predicted molar refractivity (Wildman–Crippen MR) is 58.6 cm³/mol. The molecule has 13 heavy (non-hydrogen) atoms. The summed E-state index contributed by atoms with van der Waals surface area (Å²) in [6.45, 7) is 2.18. The van der Waals surface area contributed by atoms with Gasteiger partial charge in [-0.2, -0.15) is 0 Å². The van der Waals surface area contributed by atoms with Crippen molar-refractivity contribution < 1.29 is 9.47 Å². The molecule has 0 saturated heterocycles. The second kappa shape index (κ2) is 9.35. The molecule has 77 valence electrons. The molecule has 0 aliphatic rings. The van der Waals surface area contributed by atoms with Crippen molar-refractivity contribution in [2.45, 2.75) is 44.8 Å². The van der Waals surface area contributed by atoms with E-state index in [2.05, 4.69) is 11.1 Å². The van der Waals surface area contributed by atoms with Crippen LogP contribution in [0.5, 0.6) is 0 Å². The Balaban J connectivity index is 3.84. The fraction of sp³-hybridized carbons (Fsp3) is 0.900. The first-order chi connectivity index (χ1) is 6.29. The van der Waals surface area contributed by atoms with Crippen molar-refractivity contribution in [2.75, 3.05) is 14.2 Å². The molecule has 0 aromatic carbocycles. The van der Waals surface area contributed by atoms with Gasteiger partial charge in [-0.15, -0.1) is 0 Å². The van der Waals surface area contributed by atoms with E-state index in [1.165, 1.54) is 6.42 Å². The molecule has 0 aliphatic carbocycles. The molecule has 0 rings (SSSR count). The maximum absolute atomic E-state index is 5.44. The van der Waals surface area contributed by atoms with Crippen molar-refractivity contribution in [3.63, 3.8) is 0 Å². The molecular weight excluding hydrogens is 267 g/mol. The van der Waals surface area contributed by atoms with Crippen molar-refractivity contribution in [1.82, 2.24) is 0 Å². The third-order valence-corrected chi connectivity index (χ3v) is 3.98. The summed E-state index contributed by atoms with van der Waals surface area (Å²) < 4.78 is 13.2. The van der Waals surface area contributed by atoms with Gasteiger partial charge in [-0.05, 0) is 0 Å². The van der Waals surface area contributed by atoms with E-state index in [1.54, 1.807) is 14.2 Å². The van der Waals surface area contributed by atoms with E-state index in [4.69, 9.17) is 9.47 Å². The number of methoxy groups -OCH3 is 2. The van der Waals surface area contributed by atoms with Crippen LogP contribution in [0.2, 0.25) is 0 Å². The molecule has 0 spiro atoms. The van der Waals surface area contributed by atoms with Crippen LogP contribution in [-0.2, 0) is 9.47 Å². The summed E-state index contributed by atoms with van der Waals surface area (Å²) in [7, 11) is 3.56. The van der Waals surface area contributed by atoms with Crippen LogP contribution in [0.1, 0.15) is 32.6 Å². The molecule has 0 aromatic rings. The number of hydrogen-bond donors (Lipinski definition) is 0. The van der Waals surface area contributed by atoms with Crippen molar-refractivity contribution in [2.24, 2.45) is 0 Å². The first-order valence-corrected chi connectivity index (χ1v) is 8.43. The van der Waals surface area contributed by atoms with E-state index >= 15 is 0 Å². The zero-order valence-electron chi connectivity index (χ0n) is 9.38. The molecule has 0 bridgehead atoms. The fourth-order valence-electron chi connectivity index (χ4n) is 1.53. The quantitative estimate of drug-likeness (QED) is 0.672. The average molecular weight is 289 g/mol. The van der Waals surface area contributed by atoms with Crippen molar-refractivity contribution in [1.29, 1.82) is 0 Å². The van der Waals surface area contributed by atoms with Gasteiger partial charge in [0.15, 0.2) is 0 Å². The van der Waals surface area contributed by atoms with Crippen LogP contribution < -0.4 is 0 Å². The Labute approximate surface area is 96.9 Å². The van der Waals surface area contributed by atoms with Gasteiger partial charge in [-0.3, -0.25) is 0 Å². The molecule has 0 amide bonds. The van der Waals surface area contributed by atoms with Crippen LogP contribution >= 0.6 is 0 Å². The Morgan fingerprint density at radius 3 is 2.08 bits per heavy atom. The first kappa shape index (κ1) is 13.8. The van der Waals surface area contributed by atoms with E-state index in [9.17, 15) is 0 Å². The fourth-order valence-corrected chi connectivity index (χ4v) is 2.48. The Morgan fingerprint density at radius 2 is 1.69 bits per heavy atom. The summed E-state index contributed by atoms with van der Waals surface area (Å²) in [6, 6.07) is 0. The molecule has 2 atom stereocenters. The summed E-state index contributed by atoms with van der Waals surface area (Å²) in [5.74, 6) is 0. The summed E-state index contributed by atoms with van der Waals surface area (Å²) >= 11 is 0.714. The van der Waals surface area contributed by atoms with Crippen molar-refractivity contribution in [3.8, 4) is 0 Å². The Morgan fingerprint density at radius 1 is 1.15 bits per heavy atom. The Kier molecular flexibility index (Phi) is 9.92. The third-order valence-electron chi connectivity index (χ3n) is 2.33. The minimum atomic E-state index is 0.283. The second-order valence-corrected chi connectivity index (χ2v) is 5.65.